The molecule has 1 aliphatic rings. The number of nitrogens with one attached hydrogen (secondary N) is 1. The van der Waals surface area contributed by atoms with Crippen molar-refractivity contribution in [2.75, 3.05) is 13.7 Å². The quantitative estimate of drug-likeness (QED) is 0.282. The van der Waals surface area contributed by atoms with Gasteiger partial charge < -0.3 is 10.1 Å². The van der Waals surface area contributed by atoms with Crippen molar-refractivity contribution < 1.29 is 9.53 Å². The summed E-state index contributed by atoms with van der Waals surface area (Å²) in [6, 6.07) is 30.6. The average molecular weight is 478 g/mol. The van der Waals surface area contributed by atoms with Crippen LogP contribution in [0.1, 0.15) is 69.9 Å². The fourth-order valence-corrected chi connectivity index (χ4v) is 5.88. The van der Waals surface area contributed by atoms with E-state index < -0.39 is 0 Å². The van der Waals surface area contributed by atoms with Crippen LogP contribution in [-0.4, -0.2) is 19.6 Å². The molecule has 1 N–H and O–H groups in total. The van der Waals surface area contributed by atoms with Gasteiger partial charge in [-0.05, 0) is 90.2 Å². The fourth-order valence-electron chi connectivity index (χ4n) is 5.88. The summed E-state index contributed by atoms with van der Waals surface area (Å²) in [6.45, 7) is 5.21. The number of methoxy groups -OCH3 is 1. The number of rotatable bonds is 7. The molecule has 0 fully saturated rings. The molecule has 4 aromatic carbocycles. The van der Waals surface area contributed by atoms with Crippen LogP contribution < -0.4 is 5.32 Å². The van der Waals surface area contributed by atoms with Crippen LogP contribution in [-0.2, 0) is 11.2 Å². The number of benzene rings is 4. The molecular weight excluding hydrogens is 442 g/mol. The Balaban J connectivity index is 1.32. The van der Waals surface area contributed by atoms with Crippen LogP contribution >= 0.6 is 0 Å². The van der Waals surface area contributed by atoms with E-state index in [1.54, 1.807) is 0 Å². The maximum absolute atomic E-state index is 12.4. The normalized spacial score (nSPS) is 18.0. The smallest absolute Gasteiger partial charge is 0.338 e. The molecule has 0 saturated carbocycles. The molecule has 0 amide bonds. The Morgan fingerprint density at radius 1 is 1.00 bits per heavy atom. The third-order valence-corrected chi connectivity index (χ3v) is 7.87. The summed E-state index contributed by atoms with van der Waals surface area (Å²) in [4.78, 5) is 12.4. The van der Waals surface area contributed by atoms with Gasteiger partial charge in [0.2, 0.25) is 0 Å². The zero-order valence-electron chi connectivity index (χ0n) is 21.5. The van der Waals surface area contributed by atoms with Gasteiger partial charge in [0.1, 0.15) is 0 Å². The lowest BCUT2D eigenvalue weighted by Crippen LogP contribution is -2.26. The number of carbonyl (C=O) groups is 1. The maximum Gasteiger partial charge on any atom is 0.338 e. The van der Waals surface area contributed by atoms with Crippen molar-refractivity contribution >= 4 is 16.7 Å². The summed E-state index contributed by atoms with van der Waals surface area (Å²) in [7, 11) is 1.45. The molecule has 0 aliphatic heterocycles. The van der Waals surface area contributed by atoms with Crippen LogP contribution in [0.5, 0.6) is 0 Å². The van der Waals surface area contributed by atoms with Gasteiger partial charge in [-0.15, -0.1) is 0 Å². The maximum atomic E-state index is 12.4. The Morgan fingerprint density at radius 2 is 1.78 bits per heavy atom. The van der Waals surface area contributed by atoms with E-state index in [1.165, 1.54) is 40.1 Å². The summed E-state index contributed by atoms with van der Waals surface area (Å²) < 4.78 is 5.04. The van der Waals surface area contributed by atoms with Crippen molar-refractivity contribution in [3.8, 4) is 0 Å². The predicted molar refractivity (Wildman–Crippen MR) is 148 cm³/mol. The van der Waals surface area contributed by atoms with Crippen LogP contribution in [0.2, 0.25) is 0 Å². The summed E-state index contributed by atoms with van der Waals surface area (Å²) in [5, 5.41) is 6.41. The topological polar surface area (TPSA) is 38.3 Å². The Morgan fingerprint density at radius 3 is 2.64 bits per heavy atom. The number of hydrogen-bond donors (Lipinski definition) is 1. The molecule has 5 rings (SSSR count). The van der Waals surface area contributed by atoms with Crippen molar-refractivity contribution in [2.45, 2.75) is 45.1 Å². The van der Waals surface area contributed by atoms with Gasteiger partial charge in [0.05, 0.1) is 12.7 Å². The molecule has 3 nitrogen and oxygen atoms in total. The number of hydrogen-bond acceptors (Lipinski definition) is 3. The fraction of sp³-hybridized carbons (Fsp3) is 0.303. The van der Waals surface area contributed by atoms with Crippen LogP contribution in [0, 0.1) is 12.8 Å². The molecule has 0 radical (unpaired) electrons. The number of aryl methyl sites for hydroxylation is 1. The molecule has 3 heteroatoms. The number of fused-ring (bicyclic) bond motifs is 2. The van der Waals surface area contributed by atoms with Crippen molar-refractivity contribution in [1.82, 2.24) is 5.32 Å². The van der Waals surface area contributed by atoms with E-state index >= 15 is 0 Å². The minimum atomic E-state index is -0.262. The molecule has 0 bridgehead atoms. The number of ether oxygens (including phenoxy) is 1. The van der Waals surface area contributed by atoms with E-state index in [1.807, 2.05) is 13.0 Å². The average Bonchev–Trinajstić information content (AvgIpc) is 2.92. The Bertz CT molecular complexity index is 1370. The third-order valence-electron chi connectivity index (χ3n) is 7.87. The standard InChI is InChI=1S/C33H35NO2/c1-22-15-16-27(21-31(22)33(35)36-3)32-20-24(19-26-10-5-7-13-30(26)32)17-18-34-23(2)28-14-8-11-25-9-4-6-12-29(25)28/h4-16,21,23-24,32,34H,17-20H2,1-3H3. The summed E-state index contributed by atoms with van der Waals surface area (Å²) >= 11 is 0. The highest BCUT2D eigenvalue weighted by molar-refractivity contribution is 5.91. The van der Waals surface area contributed by atoms with Gasteiger partial charge in [-0.25, -0.2) is 4.79 Å². The number of esters is 1. The number of carbonyl (C=O) groups excluding carboxylic acids is 1. The molecule has 0 heterocycles. The minimum Gasteiger partial charge on any atom is -0.465 e. The second kappa shape index (κ2) is 10.7. The first-order valence-corrected chi connectivity index (χ1v) is 13.0. The molecule has 0 saturated heterocycles. The highest BCUT2D eigenvalue weighted by Crippen LogP contribution is 2.41. The lowest BCUT2D eigenvalue weighted by Gasteiger charge is -2.33. The summed E-state index contributed by atoms with van der Waals surface area (Å²) in [5.41, 5.74) is 7.01. The minimum absolute atomic E-state index is 0.262. The molecule has 3 unspecified atom stereocenters. The van der Waals surface area contributed by atoms with Gasteiger partial charge in [-0.1, -0.05) is 78.9 Å². The van der Waals surface area contributed by atoms with Gasteiger partial charge in [-0.3, -0.25) is 0 Å². The third kappa shape index (κ3) is 4.94. The first-order chi connectivity index (χ1) is 17.5. The molecule has 36 heavy (non-hydrogen) atoms. The van der Waals surface area contributed by atoms with Crippen LogP contribution in [0.25, 0.3) is 10.8 Å². The lowest BCUT2D eigenvalue weighted by atomic mass is 9.72. The molecule has 0 spiro atoms. The van der Waals surface area contributed by atoms with E-state index in [2.05, 4.69) is 91.1 Å². The molecule has 0 aromatic heterocycles. The van der Waals surface area contributed by atoms with Gasteiger partial charge >= 0.3 is 5.97 Å². The van der Waals surface area contributed by atoms with Crippen molar-refractivity contribution in [3.05, 3.63) is 118 Å². The van der Waals surface area contributed by atoms with Crippen LogP contribution in [0.15, 0.2) is 84.9 Å². The zero-order chi connectivity index (χ0) is 25.1. The monoisotopic (exact) mass is 477 g/mol. The Labute approximate surface area is 214 Å². The predicted octanol–water partition coefficient (Wildman–Crippen LogP) is 7.37. The lowest BCUT2D eigenvalue weighted by molar-refractivity contribution is 0.0599. The van der Waals surface area contributed by atoms with Crippen LogP contribution in [0.3, 0.4) is 0 Å². The van der Waals surface area contributed by atoms with Crippen molar-refractivity contribution in [2.24, 2.45) is 5.92 Å². The summed E-state index contributed by atoms with van der Waals surface area (Å²) in [5.74, 6) is 0.612. The Hall–Kier alpha value is -3.43. The van der Waals surface area contributed by atoms with E-state index in [-0.39, 0.29) is 5.97 Å². The zero-order valence-corrected chi connectivity index (χ0v) is 21.5. The highest BCUT2D eigenvalue weighted by Gasteiger charge is 2.28. The molecule has 4 aromatic rings. The molecular formula is C33H35NO2. The van der Waals surface area contributed by atoms with E-state index in [0.717, 1.165) is 31.4 Å². The summed E-state index contributed by atoms with van der Waals surface area (Å²) in [6.07, 6.45) is 3.31. The van der Waals surface area contributed by atoms with Crippen molar-refractivity contribution in [1.29, 1.82) is 0 Å². The Kier molecular flexibility index (Phi) is 7.20. The van der Waals surface area contributed by atoms with Gasteiger partial charge in [0.15, 0.2) is 0 Å². The second-order valence-corrected chi connectivity index (χ2v) is 10.2. The van der Waals surface area contributed by atoms with E-state index in [4.69, 9.17) is 4.74 Å². The molecule has 184 valence electrons. The van der Waals surface area contributed by atoms with Gasteiger partial charge in [-0.2, -0.15) is 0 Å². The van der Waals surface area contributed by atoms with E-state index in [0.29, 0.717) is 23.4 Å². The van der Waals surface area contributed by atoms with Crippen LogP contribution in [0.4, 0.5) is 0 Å². The van der Waals surface area contributed by atoms with Crippen molar-refractivity contribution in [3.63, 3.8) is 0 Å². The second-order valence-electron chi connectivity index (χ2n) is 10.2. The SMILES string of the molecule is COC(=O)c1cc(C2CC(CCNC(C)c3cccc4ccccc34)Cc3ccccc32)ccc1C. The highest BCUT2D eigenvalue weighted by atomic mass is 16.5. The molecule has 1 aliphatic carbocycles. The van der Waals surface area contributed by atoms with Gasteiger partial charge in [0, 0.05) is 12.0 Å². The van der Waals surface area contributed by atoms with E-state index in [9.17, 15) is 4.79 Å². The van der Waals surface area contributed by atoms with Gasteiger partial charge in [0.25, 0.3) is 0 Å². The first-order valence-electron chi connectivity index (χ1n) is 13.0. The largest absolute Gasteiger partial charge is 0.465 e. The first kappa shape index (κ1) is 24.3. The molecule has 3 atom stereocenters.